The average Bonchev–Trinajstić information content (AvgIpc) is 2.39. The Bertz CT molecular complexity index is 418. The zero-order chi connectivity index (χ0) is 12.8. The highest BCUT2D eigenvalue weighted by Gasteiger charge is 2.15. The molecule has 1 aliphatic carbocycles. The molecule has 1 aliphatic rings. The first-order valence-electron chi connectivity index (χ1n) is 6.48. The summed E-state index contributed by atoms with van der Waals surface area (Å²) in [6.45, 7) is 0.505. The van der Waals surface area contributed by atoms with Crippen molar-refractivity contribution in [2.45, 2.75) is 32.1 Å². The van der Waals surface area contributed by atoms with Crippen molar-refractivity contribution in [3.63, 3.8) is 0 Å². The van der Waals surface area contributed by atoms with Crippen LogP contribution in [0.15, 0.2) is 18.2 Å². The van der Waals surface area contributed by atoms with Gasteiger partial charge in [0.1, 0.15) is 5.75 Å². The first-order valence-corrected chi connectivity index (χ1v) is 6.48. The summed E-state index contributed by atoms with van der Waals surface area (Å²) in [4.78, 5) is 11.6. The summed E-state index contributed by atoms with van der Waals surface area (Å²) in [5, 5.41) is 11.3. The standard InChI is InChI=1S/C14H19NO3/c16-10-4-9-15-14(17)18-13-8-3-6-11-5-1-2-7-12(11)13/h3,6,8,16H,1-2,4-5,7,9-10H2,(H,15,17). The third kappa shape index (κ3) is 3.23. The van der Waals surface area contributed by atoms with Crippen LogP contribution in [0.1, 0.15) is 30.4 Å². The van der Waals surface area contributed by atoms with E-state index in [2.05, 4.69) is 11.4 Å². The van der Waals surface area contributed by atoms with Crippen LogP contribution in [0.4, 0.5) is 4.79 Å². The second kappa shape index (κ2) is 6.40. The molecule has 0 atom stereocenters. The number of benzene rings is 1. The molecule has 0 saturated carbocycles. The number of aliphatic hydroxyl groups is 1. The maximum atomic E-state index is 11.6. The summed E-state index contributed by atoms with van der Waals surface area (Å²) in [5.41, 5.74) is 2.46. The Morgan fingerprint density at radius 2 is 2.17 bits per heavy atom. The molecule has 0 aromatic heterocycles. The van der Waals surface area contributed by atoms with Crippen molar-refractivity contribution in [1.29, 1.82) is 0 Å². The third-order valence-corrected chi connectivity index (χ3v) is 3.16. The van der Waals surface area contributed by atoms with Crippen molar-refractivity contribution < 1.29 is 14.6 Å². The van der Waals surface area contributed by atoms with Gasteiger partial charge in [-0.25, -0.2) is 4.79 Å². The number of carbonyl (C=O) groups is 1. The Balaban J connectivity index is 1.98. The lowest BCUT2D eigenvalue weighted by Crippen LogP contribution is -2.28. The summed E-state index contributed by atoms with van der Waals surface area (Å²) in [6.07, 6.45) is 4.51. The highest BCUT2D eigenvalue weighted by Crippen LogP contribution is 2.29. The number of hydrogen-bond donors (Lipinski definition) is 2. The summed E-state index contributed by atoms with van der Waals surface area (Å²) in [5.74, 6) is 0.675. The van der Waals surface area contributed by atoms with Gasteiger partial charge in [-0.05, 0) is 49.3 Å². The molecule has 18 heavy (non-hydrogen) atoms. The first kappa shape index (κ1) is 12.9. The molecule has 1 aromatic rings. The van der Waals surface area contributed by atoms with Crippen molar-refractivity contribution in [2.75, 3.05) is 13.2 Å². The molecule has 0 unspecified atom stereocenters. The zero-order valence-electron chi connectivity index (χ0n) is 10.4. The fraction of sp³-hybridized carbons (Fsp3) is 0.500. The molecule has 0 radical (unpaired) electrons. The van der Waals surface area contributed by atoms with Crippen LogP contribution in [0.25, 0.3) is 0 Å². The highest BCUT2D eigenvalue weighted by molar-refractivity contribution is 5.71. The van der Waals surface area contributed by atoms with Crippen molar-refractivity contribution in [1.82, 2.24) is 5.32 Å². The number of hydrogen-bond acceptors (Lipinski definition) is 3. The molecule has 0 aliphatic heterocycles. The lowest BCUT2D eigenvalue weighted by atomic mass is 9.91. The van der Waals surface area contributed by atoms with Crippen LogP contribution in [-0.4, -0.2) is 24.4 Å². The Hall–Kier alpha value is -1.55. The predicted octanol–water partition coefficient (Wildman–Crippen LogP) is 2.04. The van der Waals surface area contributed by atoms with Crippen LogP contribution in [0, 0.1) is 0 Å². The van der Waals surface area contributed by atoms with Crippen molar-refractivity contribution in [2.24, 2.45) is 0 Å². The molecule has 2 rings (SSSR count). The van der Waals surface area contributed by atoms with Crippen LogP contribution in [-0.2, 0) is 12.8 Å². The van der Waals surface area contributed by atoms with E-state index in [1.165, 1.54) is 17.5 Å². The number of amides is 1. The molecule has 1 aromatic carbocycles. The summed E-state index contributed by atoms with van der Waals surface area (Å²) in [7, 11) is 0. The van der Waals surface area contributed by atoms with Gasteiger partial charge in [-0.3, -0.25) is 0 Å². The molecule has 98 valence electrons. The van der Waals surface area contributed by atoms with Crippen LogP contribution in [0.3, 0.4) is 0 Å². The zero-order valence-corrected chi connectivity index (χ0v) is 10.4. The minimum Gasteiger partial charge on any atom is -0.410 e. The molecule has 0 bridgehead atoms. The van der Waals surface area contributed by atoms with E-state index in [0.717, 1.165) is 19.3 Å². The van der Waals surface area contributed by atoms with Gasteiger partial charge in [0, 0.05) is 13.2 Å². The van der Waals surface area contributed by atoms with Gasteiger partial charge in [-0.1, -0.05) is 12.1 Å². The lowest BCUT2D eigenvalue weighted by Gasteiger charge is -2.18. The van der Waals surface area contributed by atoms with Gasteiger partial charge in [0.25, 0.3) is 0 Å². The Morgan fingerprint density at radius 1 is 1.33 bits per heavy atom. The van der Waals surface area contributed by atoms with Crippen LogP contribution < -0.4 is 10.1 Å². The number of carbonyl (C=O) groups excluding carboxylic acids is 1. The third-order valence-electron chi connectivity index (χ3n) is 3.16. The maximum absolute atomic E-state index is 11.6. The molecule has 4 heteroatoms. The number of ether oxygens (including phenoxy) is 1. The number of nitrogens with one attached hydrogen (secondary N) is 1. The molecule has 4 nitrogen and oxygen atoms in total. The molecule has 2 N–H and O–H groups in total. The van der Waals surface area contributed by atoms with Gasteiger partial charge in [0.05, 0.1) is 0 Å². The maximum Gasteiger partial charge on any atom is 0.412 e. The van der Waals surface area contributed by atoms with Crippen molar-refractivity contribution in [3.05, 3.63) is 29.3 Å². The van der Waals surface area contributed by atoms with Gasteiger partial charge in [0.2, 0.25) is 0 Å². The quantitative estimate of drug-likeness (QED) is 0.803. The van der Waals surface area contributed by atoms with Gasteiger partial charge >= 0.3 is 6.09 Å². The van der Waals surface area contributed by atoms with E-state index in [0.29, 0.717) is 18.7 Å². The number of fused-ring (bicyclic) bond motifs is 1. The number of rotatable bonds is 4. The smallest absolute Gasteiger partial charge is 0.410 e. The van der Waals surface area contributed by atoms with E-state index in [1.807, 2.05) is 12.1 Å². The Kier molecular flexibility index (Phi) is 4.59. The largest absolute Gasteiger partial charge is 0.412 e. The molecule has 0 fully saturated rings. The van der Waals surface area contributed by atoms with E-state index in [4.69, 9.17) is 9.84 Å². The van der Waals surface area contributed by atoms with E-state index < -0.39 is 6.09 Å². The van der Waals surface area contributed by atoms with Gasteiger partial charge in [0.15, 0.2) is 0 Å². The Morgan fingerprint density at radius 3 is 3.00 bits per heavy atom. The molecule has 1 amide bonds. The minimum absolute atomic E-state index is 0.0705. The summed E-state index contributed by atoms with van der Waals surface area (Å²) >= 11 is 0. The topological polar surface area (TPSA) is 58.6 Å². The minimum atomic E-state index is -0.442. The molecule has 0 spiro atoms. The van der Waals surface area contributed by atoms with E-state index in [9.17, 15) is 4.79 Å². The fourth-order valence-electron chi connectivity index (χ4n) is 2.25. The number of aryl methyl sites for hydroxylation is 1. The summed E-state index contributed by atoms with van der Waals surface area (Å²) < 4.78 is 5.33. The van der Waals surface area contributed by atoms with E-state index in [1.54, 1.807) is 0 Å². The molecular weight excluding hydrogens is 230 g/mol. The predicted molar refractivity (Wildman–Crippen MR) is 68.8 cm³/mol. The van der Waals surface area contributed by atoms with E-state index >= 15 is 0 Å². The van der Waals surface area contributed by atoms with Crippen LogP contribution in [0.2, 0.25) is 0 Å². The van der Waals surface area contributed by atoms with Gasteiger partial charge < -0.3 is 15.2 Å². The van der Waals surface area contributed by atoms with Crippen LogP contribution in [0.5, 0.6) is 5.75 Å². The summed E-state index contributed by atoms with van der Waals surface area (Å²) in [6, 6.07) is 5.88. The first-order chi connectivity index (χ1) is 8.81. The second-order valence-electron chi connectivity index (χ2n) is 4.49. The highest BCUT2D eigenvalue weighted by atomic mass is 16.6. The van der Waals surface area contributed by atoms with Gasteiger partial charge in [-0.15, -0.1) is 0 Å². The molecule has 0 heterocycles. The number of aliphatic hydroxyl groups excluding tert-OH is 1. The average molecular weight is 249 g/mol. The molecule has 0 saturated heterocycles. The SMILES string of the molecule is O=C(NCCCO)Oc1cccc2c1CCCC2. The lowest BCUT2D eigenvalue weighted by molar-refractivity contribution is 0.198. The monoisotopic (exact) mass is 249 g/mol. The van der Waals surface area contributed by atoms with E-state index in [-0.39, 0.29) is 6.61 Å². The fourth-order valence-corrected chi connectivity index (χ4v) is 2.25. The van der Waals surface area contributed by atoms with Crippen molar-refractivity contribution in [3.8, 4) is 5.75 Å². The van der Waals surface area contributed by atoms with Crippen molar-refractivity contribution >= 4 is 6.09 Å². The van der Waals surface area contributed by atoms with Crippen LogP contribution >= 0.6 is 0 Å². The Labute approximate surface area is 107 Å². The normalized spacial score (nSPS) is 13.8. The van der Waals surface area contributed by atoms with Gasteiger partial charge in [-0.2, -0.15) is 0 Å². The molecular formula is C14H19NO3. The second-order valence-corrected chi connectivity index (χ2v) is 4.49.